The molecule has 0 aliphatic carbocycles. The molecule has 130 valence electrons. The lowest BCUT2D eigenvalue weighted by Crippen LogP contribution is -2.30. The molecule has 1 heterocycles. The number of rotatable bonds is 7. The molecule has 0 spiro atoms. The maximum absolute atomic E-state index is 12.8. The molecule has 0 saturated heterocycles. The topological polar surface area (TPSA) is 81.5 Å². The zero-order valence-corrected chi connectivity index (χ0v) is 14.8. The van der Waals surface area contributed by atoms with Crippen LogP contribution in [0.1, 0.15) is 29.8 Å². The fourth-order valence-electron chi connectivity index (χ4n) is 2.25. The van der Waals surface area contributed by atoms with Crippen LogP contribution in [0.5, 0.6) is 0 Å². The van der Waals surface area contributed by atoms with Gasteiger partial charge in [0.2, 0.25) is 10.0 Å². The molecule has 0 aliphatic rings. The van der Waals surface area contributed by atoms with Gasteiger partial charge < -0.3 is 4.74 Å². The highest BCUT2D eigenvalue weighted by molar-refractivity contribution is 7.89. The Morgan fingerprint density at radius 2 is 1.92 bits per heavy atom. The first kappa shape index (κ1) is 18.2. The molecule has 0 fully saturated rings. The number of hydrogen-bond donors (Lipinski definition) is 0. The van der Waals surface area contributed by atoms with Crippen LogP contribution in [-0.4, -0.2) is 41.6 Å². The Morgan fingerprint density at radius 1 is 1.25 bits per heavy atom. The number of hydrogen-bond acceptors (Lipinski definition) is 5. The summed E-state index contributed by atoms with van der Waals surface area (Å²) in [5, 5.41) is 4.05. The summed E-state index contributed by atoms with van der Waals surface area (Å²) in [6.45, 7) is 4.34. The van der Waals surface area contributed by atoms with Crippen LogP contribution >= 0.6 is 0 Å². The maximum atomic E-state index is 12.8. The SMILES string of the molecule is CCOC(=O)c1ccc(S(=O)(=O)N(CC)Cc2cnn(C)c2)cc1. The largest absolute Gasteiger partial charge is 0.462 e. The highest BCUT2D eigenvalue weighted by atomic mass is 32.2. The van der Waals surface area contributed by atoms with Crippen LogP contribution in [0.3, 0.4) is 0 Å². The number of aromatic nitrogens is 2. The average molecular weight is 351 g/mol. The molecule has 0 aliphatic heterocycles. The molecule has 0 radical (unpaired) electrons. The number of sulfonamides is 1. The van der Waals surface area contributed by atoms with E-state index in [1.54, 1.807) is 38.0 Å². The minimum atomic E-state index is -3.65. The van der Waals surface area contributed by atoms with Crippen molar-refractivity contribution >= 4 is 16.0 Å². The van der Waals surface area contributed by atoms with Gasteiger partial charge in [-0.1, -0.05) is 6.92 Å². The number of benzene rings is 1. The van der Waals surface area contributed by atoms with Gasteiger partial charge in [-0.05, 0) is 31.2 Å². The summed E-state index contributed by atoms with van der Waals surface area (Å²) in [7, 11) is -1.87. The van der Waals surface area contributed by atoms with Gasteiger partial charge in [-0.25, -0.2) is 13.2 Å². The molecule has 8 heteroatoms. The number of aryl methyl sites for hydroxylation is 1. The van der Waals surface area contributed by atoms with Crippen LogP contribution in [-0.2, 0) is 28.4 Å². The Hall–Kier alpha value is -2.19. The van der Waals surface area contributed by atoms with E-state index in [9.17, 15) is 13.2 Å². The second kappa shape index (κ2) is 7.59. The van der Waals surface area contributed by atoms with Crippen molar-refractivity contribution in [1.29, 1.82) is 0 Å². The van der Waals surface area contributed by atoms with Crippen molar-refractivity contribution in [3.63, 3.8) is 0 Å². The molecular formula is C16H21N3O4S. The molecule has 7 nitrogen and oxygen atoms in total. The second-order valence-electron chi connectivity index (χ2n) is 5.20. The Bertz CT molecular complexity index is 797. The predicted octanol–water partition coefficient (Wildman–Crippen LogP) is 1.81. The molecule has 0 atom stereocenters. The standard InChI is InChI=1S/C16H21N3O4S/c1-4-19(12-13-10-17-18(3)11-13)24(21,22)15-8-6-14(7-9-15)16(20)23-5-2/h6-11H,4-5,12H2,1-3H3. The van der Waals surface area contributed by atoms with Crippen LogP contribution in [0, 0.1) is 0 Å². The molecule has 0 N–H and O–H groups in total. The lowest BCUT2D eigenvalue weighted by molar-refractivity contribution is 0.0526. The fourth-order valence-corrected chi connectivity index (χ4v) is 3.69. The third-order valence-electron chi connectivity index (χ3n) is 3.47. The normalized spacial score (nSPS) is 11.7. The van der Waals surface area contributed by atoms with Crippen molar-refractivity contribution < 1.29 is 17.9 Å². The van der Waals surface area contributed by atoms with E-state index in [0.29, 0.717) is 12.1 Å². The van der Waals surface area contributed by atoms with Gasteiger partial charge in [0, 0.05) is 31.9 Å². The summed E-state index contributed by atoms with van der Waals surface area (Å²) in [5.41, 5.74) is 1.14. The molecule has 0 bridgehead atoms. The van der Waals surface area contributed by atoms with E-state index in [-0.39, 0.29) is 18.0 Å². The molecular weight excluding hydrogens is 330 g/mol. The predicted molar refractivity (Wildman–Crippen MR) is 88.9 cm³/mol. The molecule has 0 unspecified atom stereocenters. The van der Waals surface area contributed by atoms with Crippen molar-refractivity contribution in [1.82, 2.24) is 14.1 Å². The minimum absolute atomic E-state index is 0.140. The van der Waals surface area contributed by atoms with E-state index in [2.05, 4.69) is 5.10 Å². The summed E-state index contributed by atoms with van der Waals surface area (Å²) in [5.74, 6) is -0.468. The Morgan fingerprint density at radius 3 is 2.42 bits per heavy atom. The lowest BCUT2D eigenvalue weighted by atomic mass is 10.2. The van der Waals surface area contributed by atoms with Crippen LogP contribution in [0.4, 0.5) is 0 Å². The molecule has 2 rings (SSSR count). The Kier molecular flexibility index (Phi) is 5.74. The van der Waals surface area contributed by atoms with Crippen molar-refractivity contribution in [2.24, 2.45) is 7.05 Å². The van der Waals surface area contributed by atoms with Crippen molar-refractivity contribution in [2.45, 2.75) is 25.3 Å². The van der Waals surface area contributed by atoms with E-state index >= 15 is 0 Å². The van der Waals surface area contributed by atoms with Crippen LogP contribution in [0.15, 0.2) is 41.6 Å². The number of ether oxygens (including phenoxy) is 1. The Balaban J connectivity index is 2.22. The van der Waals surface area contributed by atoms with Crippen molar-refractivity contribution in [2.75, 3.05) is 13.2 Å². The smallest absolute Gasteiger partial charge is 0.338 e. The third-order valence-corrected chi connectivity index (χ3v) is 5.41. The van der Waals surface area contributed by atoms with Gasteiger partial charge in [0.25, 0.3) is 0 Å². The van der Waals surface area contributed by atoms with Gasteiger partial charge in [-0.15, -0.1) is 0 Å². The number of nitrogens with zero attached hydrogens (tertiary/aromatic N) is 3. The van der Waals surface area contributed by atoms with E-state index in [4.69, 9.17) is 4.74 Å². The van der Waals surface area contributed by atoms with E-state index in [1.165, 1.54) is 28.6 Å². The summed E-state index contributed by atoms with van der Waals surface area (Å²) >= 11 is 0. The lowest BCUT2D eigenvalue weighted by Gasteiger charge is -2.20. The molecule has 1 aromatic heterocycles. The zero-order valence-electron chi connectivity index (χ0n) is 14.0. The second-order valence-corrected chi connectivity index (χ2v) is 7.14. The van der Waals surface area contributed by atoms with Gasteiger partial charge in [0.1, 0.15) is 0 Å². The van der Waals surface area contributed by atoms with Gasteiger partial charge in [-0.2, -0.15) is 9.40 Å². The quantitative estimate of drug-likeness (QED) is 0.711. The molecule has 2 aromatic rings. The van der Waals surface area contributed by atoms with Gasteiger partial charge in [0.05, 0.1) is 23.3 Å². The minimum Gasteiger partial charge on any atom is -0.462 e. The highest BCUT2D eigenvalue weighted by Gasteiger charge is 2.24. The molecule has 24 heavy (non-hydrogen) atoms. The van der Waals surface area contributed by atoms with Crippen molar-refractivity contribution in [3.05, 3.63) is 47.8 Å². The number of esters is 1. The molecule has 0 amide bonds. The fraction of sp³-hybridized carbons (Fsp3) is 0.375. The van der Waals surface area contributed by atoms with Crippen LogP contribution in [0.2, 0.25) is 0 Å². The van der Waals surface area contributed by atoms with Gasteiger partial charge in [-0.3, -0.25) is 4.68 Å². The van der Waals surface area contributed by atoms with Crippen molar-refractivity contribution in [3.8, 4) is 0 Å². The summed E-state index contributed by atoms with van der Waals surface area (Å²) in [6, 6.07) is 5.77. The summed E-state index contributed by atoms with van der Waals surface area (Å²) in [4.78, 5) is 11.8. The van der Waals surface area contributed by atoms with Gasteiger partial charge >= 0.3 is 5.97 Å². The van der Waals surface area contributed by atoms with E-state index in [0.717, 1.165) is 5.56 Å². The molecule has 1 aromatic carbocycles. The van der Waals surface area contributed by atoms with E-state index < -0.39 is 16.0 Å². The number of carbonyl (C=O) groups excluding carboxylic acids is 1. The summed E-state index contributed by atoms with van der Waals surface area (Å²) in [6.07, 6.45) is 3.42. The zero-order chi connectivity index (χ0) is 17.7. The maximum Gasteiger partial charge on any atom is 0.338 e. The monoisotopic (exact) mass is 351 g/mol. The molecule has 0 saturated carbocycles. The van der Waals surface area contributed by atoms with Gasteiger partial charge in [0.15, 0.2) is 0 Å². The first-order valence-electron chi connectivity index (χ1n) is 7.63. The average Bonchev–Trinajstić information content (AvgIpc) is 2.98. The van der Waals surface area contributed by atoms with E-state index in [1.807, 2.05) is 0 Å². The first-order chi connectivity index (χ1) is 11.4. The Labute approximate surface area is 141 Å². The first-order valence-corrected chi connectivity index (χ1v) is 9.07. The number of carbonyl (C=O) groups is 1. The van der Waals surface area contributed by atoms with Crippen LogP contribution < -0.4 is 0 Å². The summed E-state index contributed by atoms with van der Waals surface area (Å²) < 4.78 is 33.4. The van der Waals surface area contributed by atoms with Crippen LogP contribution in [0.25, 0.3) is 0 Å². The third kappa shape index (κ3) is 4.01. The highest BCUT2D eigenvalue weighted by Crippen LogP contribution is 2.19.